The van der Waals surface area contributed by atoms with E-state index in [2.05, 4.69) is 24.5 Å². The summed E-state index contributed by atoms with van der Waals surface area (Å²) < 4.78 is 23.7. The number of fused-ring (bicyclic) bond motifs is 1. The molecule has 0 spiro atoms. The fourth-order valence-electron chi connectivity index (χ4n) is 5.76. The molecule has 42 heavy (non-hydrogen) atoms. The molecule has 4 rings (SSSR count). The van der Waals surface area contributed by atoms with Gasteiger partial charge in [0.25, 0.3) is 0 Å². The molecule has 3 atom stereocenters. The van der Waals surface area contributed by atoms with Gasteiger partial charge in [-0.3, -0.25) is 9.59 Å². The van der Waals surface area contributed by atoms with Crippen LogP contribution in [-0.2, 0) is 38.2 Å². The maximum Gasteiger partial charge on any atom is 0.481 e. The van der Waals surface area contributed by atoms with E-state index in [9.17, 15) is 9.59 Å². The Bertz CT molecular complexity index is 1220. The van der Waals surface area contributed by atoms with Gasteiger partial charge in [0, 0.05) is 18.4 Å². The molecule has 1 saturated heterocycles. The van der Waals surface area contributed by atoms with Gasteiger partial charge in [-0.15, -0.1) is 0 Å². The lowest BCUT2D eigenvalue weighted by atomic mass is 9.73. The summed E-state index contributed by atoms with van der Waals surface area (Å²) in [6.07, 6.45) is 3.00. The van der Waals surface area contributed by atoms with E-state index < -0.39 is 24.4 Å². The average molecular weight is 579 g/mol. The minimum atomic E-state index is -0.754. The van der Waals surface area contributed by atoms with Crippen LogP contribution in [0.2, 0.25) is 0 Å². The Morgan fingerprint density at radius 3 is 2.26 bits per heavy atom. The Kier molecular flexibility index (Phi) is 9.94. The molecule has 2 amide bonds. The minimum Gasteiger partial charge on any atom is -0.497 e. The van der Waals surface area contributed by atoms with Gasteiger partial charge < -0.3 is 29.4 Å². The summed E-state index contributed by atoms with van der Waals surface area (Å²) in [7, 11) is 2.68. The molecule has 1 aliphatic carbocycles. The molecule has 2 aromatic rings. The minimum absolute atomic E-state index is 0.134. The van der Waals surface area contributed by atoms with Crippen molar-refractivity contribution in [3.05, 3.63) is 59.2 Å². The number of aryl methyl sites for hydroxylation is 1. The number of nitrogens with one attached hydrogen (secondary N) is 2. The number of carbonyl (C=O) groups is 2. The molecule has 0 radical (unpaired) electrons. The number of methoxy groups -OCH3 is 2. The highest BCUT2D eigenvalue weighted by Gasteiger charge is 2.54. The van der Waals surface area contributed by atoms with Gasteiger partial charge in [0.1, 0.15) is 17.5 Å². The summed E-state index contributed by atoms with van der Waals surface area (Å²) in [4.78, 5) is 27.7. The van der Waals surface area contributed by atoms with Crippen molar-refractivity contribution in [2.75, 3.05) is 14.2 Å². The van der Waals surface area contributed by atoms with Crippen molar-refractivity contribution >= 4 is 18.9 Å². The fourth-order valence-corrected chi connectivity index (χ4v) is 5.76. The molecule has 2 N–H and O–H groups in total. The monoisotopic (exact) mass is 578 g/mol. The standard InChI is InChI=1S/C33H47BN2O6/c1-21(2)16-29(34-41-32(3,4)33(5,6)42-34)36-31(38)27(17-22-12-10-9-11-13-22)35-30(37)24-15-14-23-18-25(39-7)20-28(40-8)26(23)19-24/h9-13,18,20-21,24,27,29H,14-17,19H2,1-8H3,(H,35,37)(H,36,38)/t24?,27-,29-/m0/s1. The second-order valence-corrected chi connectivity index (χ2v) is 13.0. The molecule has 228 valence electrons. The molecule has 1 unspecified atom stereocenters. The maximum absolute atomic E-state index is 13.9. The van der Waals surface area contributed by atoms with Crippen LogP contribution in [0.4, 0.5) is 0 Å². The molecule has 2 aromatic carbocycles. The highest BCUT2D eigenvalue weighted by atomic mass is 16.7. The van der Waals surface area contributed by atoms with Crippen molar-refractivity contribution in [2.24, 2.45) is 11.8 Å². The van der Waals surface area contributed by atoms with Crippen LogP contribution in [0.3, 0.4) is 0 Å². The molecule has 1 heterocycles. The van der Waals surface area contributed by atoms with Crippen LogP contribution in [0.25, 0.3) is 0 Å². The SMILES string of the molecule is COc1cc2c(c(OC)c1)CC(C(=O)N[C@@H](Cc1ccccc1)C(=O)N[C@@H](CC(C)C)B1OC(C)(C)C(C)(C)O1)CC2. The first-order chi connectivity index (χ1) is 19.8. The Balaban J connectivity index is 1.53. The van der Waals surface area contributed by atoms with E-state index in [0.29, 0.717) is 31.6 Å². The van der Waals surface area contributed by atoms with Crippen LogP contribution in [0.15, 0.2) is 42.5 Å². The topological polar surface area (TPSA) is 95.1 Å². The highest BCUT2D eigenvalue weighted by molar-refractivity contribution is 6.48. The molecule has 2 aliphatic rings. The van der Waals surface area contributed by atoms with Gasteiger partial charge >= 0.3 is 7.12 Å². The number of benzene rings is 2. The zero-order valence-electron chi connectivity index (χ0n) is 26.4. The van der Waals surface area contributed by atoms with Gasteiger partial charge in [-0.2, -0.15) is 0 Å². The van der Waals surface area contributed by atoms with Crippen molar-refractivity contribution in [1.82, 2.24) is 10.6 Å². The zero-order chi connectivity index (χ0) is 30.7. The van der Waals surface area contributed by atoms with Gasteiger partial charge in [-0.25, -0.2) is 0 Å². The Morgan fingerprint density at radius 1 is 1.00 bits per heavy atom. The lowest BCUT2D eigenvalue weighted by molar-refractivity contribution is -0.131. The van der Waals surface area contributed by atoms with E-state index in [0.717, 1.165) is 34.6 Å². The van der Waals surface area contributed by atoms with Crippen molar-refractivity contribution < 1.29 is 28.4 Å². The van der Waals surface area contributed by atoms with Gasteiger partial charge in [-0.05, 0) is 82.1 Å². The van der Waals surface area contributed by atoms with E-state index in [1.807, 2.05) is 70.2 Å². The first kappa shape index (κ1) is 31.9. The number of hydrogen-bond donors (Lipinski definition) is 2. The average Bonchev–Trinajstić information content (AvgIpc) is 3.17. The lowest BCUT2D eigenvalue weighted by Gasteiger charge is -2.32. The largest absolute Gasteiger partial charge is 0.497 e. The number of ether oxygens (including phenoxy) is 2. The first-order valence-electron chi connectivity index (χ1n) is 15.1. The normalized spacial score (nSPS) is 20.4. The van der Waals surface area contributed by atoms with Crippen LogP contribution in [0.5, 0.6) is 11.5 Å². The Labute approximate surface area is 251 Å². The third-order valence-corrected chi connectivity index (χ3v) is 8.88. The molecule has 8 nitrogen and oxygen atoms in total. The summed E-state index contributed by atoms with van der Waals surface area (Å²) in [5.74, 6) is 0.740. The van der Waals surface area contributed by atoms with Gasteiger partial charge in [0.15, 0.2) is 0 Å². The van der Waals surface area contributed by atoms with E-state index in [-0.39, 0.29) is 23.7 Å². The van der Waals surface area contributed by atoms with E-state index in [1.165, 1.54) is 0 Å². The second-order valence-electron chi connectivity index (χ2n) is 13.0. The fraction of sp³-hybridized carbons (Fsp3) is 0.576. The van der Waals surface area contributed by atoms with Crippen molar-refractivity contribution in [1.29, 1.82) is 0 Å². The van der Waals surface area contributed by atoms with E-state index >= 15 is 0 Å². The zero-order valence-corrected chi connectivity index (χ0v) is 26.4. The molecule has 0 bridgehead atoms. The lowest BCUT2D eigenvalue weighted by Crippen LogP contribution is -2.56. The van der Waals surface area contributed by atoms with Crippen molar-refractivity contribution in [2.45, 2.75) is 96.8 Å². The van der Waals surface area contributed by atoms with Crippen LogP contribution in [0.1, 0.15) is 71.1 Å². The quantitative estimate of drug-likeness (QED) is 0.376. The Morgan fingerprint density at radius 2 is 1.67 bits per heavy atom. The summed E-state index contributed by atoms with van der Waals surface area (Å²) in [5, 5.41) is 6.31. The molecule has 1 fully saturated rings. The third kappa shape index (κ3) is 7.29. The third-order valence-electron chi connectivity index (χ3n) is 8.88. The Hall–Kier alpha value is -3.04. The molecule has 0 aromatic heterocycles. The van der Waals surface area contributed by atoms with E-state index in [1.54, 1.807) is 14.2 Å². The summed E-state index contributed by atoms with van der Waals surface area (Å²) in [6, 6.07) is 12.9. The van der Waals surface area contributed by atoms with Crippen LogP contribution in [-0.4, -0.2) is 56.3 Å². The van der Waals surface area contributed by atoms with Gasteiger partial charge in [0.05, 0.1) is 31.4 Å². The van der Waals surface area contributed by atoms with Gasteiger partial charge in [-0.1, -0.05) is 44.2 Å². The summed E-state index contributed by atoms with van der Waals surface area (Å²) in [6.45, 7) is 12.2. The maximum atomic E-state index is 13.9. The molecular formula is C33H47BN2O6. The first-order valence-corrected chi connectivity index (χ1v) is 15.1. The number of amides is 2. The van der Waals surface area contributed by atoms with Crippen LogP contribution >= 0.6 is 0 Å². The summed E-state index contributed by atoms with van der Waals surface area (Å²) in [5.41, 5.74) is 2.09. The van der Waals surface area contributed by atoms with Crippen molar-refractivity contribution in [3.63, 3.8) is 0 Å². The van der Waals surface area contributed by atoms with E-state index in [4.69, 9.17) is 18.8 Å². The number of carbonyl (C=O) groups excluding carboxylic acids is 2. The molecule has 1 aliphatic heterocycles. The van der Waals surface area contributed by atoms with Crippen LogP contribution in [0, 0.1) is 11.8 Å². The van der Waals surface area contributed by atoms with Crippen molar-refractivity contribution in [3.8, 4) is 11.5 Å². The predicted octanol–water partition coefficient (Wildman–Crippen LogP) is 4.70. The summed E-state index contributed by atoms with van der Waals surface area (Å²) >= 11 is 0. The number of rotatable bonds is 11. The second kappa shape index (κ2) is 13.1. The molecule has 0 saturated carbocycles. The molecular weight excluding hydrogens is 531 g/mol. The molecule has 9 heteroatoms. The number of hydrogen-bond acceptors (Lipinski definition) is 6. The highest BCUT2D eigenvalue weighted by Crippen LogP contribution is 2.38. The van der Waals surface area contributed by atoms with Gasteiger partial charge in [0.2, 0.25) is 11.8 Å². The smallest absolute Gasteiger partial charge is 0.481 e. The predicted molar refractivity (Wildman–Crippen MR) is 165 cm³/mol. The van der Waals surface area contributed by atoms with Crippen LogP contribution < -0.4 is 20.1 Å².